The molecular weight excluding hydrogens is 240 g/mol. The van der Waals surface area contributed by atoms with Crippen molar-refractivity contribution in [1.29, 1.82) is 0 Å². The van der Waals surface area contributed by atoms with Crippen molar-refractivity contribution >= 4 is 0 Å². The van der Waals surface area contributed by atoms with Crippen LogP contribution < -0.4 is 4.74 Å². The van der Waals surface area contributed by atoms with Crippen molar-refractivity contribution < 1.29 is 14.6 Å². The lowest BCUT2D eigenvalue weighted by atomic mass is 10.1. The third-order valence-electron chi connectivity index (χ3n) is 3.59. The number of benzene rings is 1. The van der Waals surface area contributed by atoms with Crippen LogP contribution in [0.5, 0.6) is 5.75 Å². The van der Waals surface area contributed by atoms with Gasteiger partial charge in [-0.2, -0.15) is 0 Å². The molecule has 1 aromatic carbocycles. The van der Waals surface area contributed by atoms with Crippen LogP contribution in [-0.2, 0) is 4.74 Å². The first-order valence-electron chi connectivity index (χ1n) is 6.96. The molecule has 2 rings (SSSR count). The second kappa shape index (κ2) is 5.51. The van der Waals surface area contributed by atoms with E-state index in [1.165, 1.54) is 0 Å². The maximum atomic E-state index is 9.79. The molecule has 0 bridgehead atoms. The van der Waals surface area contributed by atoms with E-state index in [0.717, 1.165) is 29.7 Å². The van der Waals surface area contributed by atoms with Crippen LogP contribution in [0, 0.1) is 6.92 Å². The molecule has 106 valence electrons. The smallest absolute Gasteiger partial charge is 0.125 e. The molecule has 19 heavy (non-hydrogen) atoms. The van der Waals surface area contributed by atoms with Crippen LogP contribution in [0.3, 0.4) is 0 Å². The molecule has 1 aliphatic heterocycles. The van der Waals surface area contributed by atoms with E-state index >= 15 is 0 Å². The van der Waals surface area contributed by atoms with Gasteiger partial charge < -0.3 is 14.6 Å². The predicted molar refractivity (Wildman–Crippen MR) is 75.5 cm³/mol. The van der Waals surface area contributed by atoms with Gasteiger partial charge in [-0.25, -0.2) is 0 Å². The lowest BCUT2D eigenvalue weighted by Crippen LogP contribution is -2.24. The standard InChI is InChI=1S/C16H24O3/c1-11-5-6-15(14(9-11)12(2)17)18-10-13-7-8-16(3,4)19-13/h5-6,9,12-13,17H,7-8,10H2,1-4H3/t12-,13?/m1/s1. The summed E-state index contributed by atoms with van der Waals surface area (Å²) < 4.78 is 11.8. The van der Waals surface area contributed by atoms with Gasteiger partial charge in [0.15, 0.2) is 0 Å². The summed E-state index contributed by atoms with van der Waals surface area (Å²) in [6, 6.07) is 5.90. The minimum atomic E-state index is -0.518. The average molecular weight is 264 g/mol. The van der Waals surface area contributed by atoms with Crippen LogP contribution >= 0.6 is 0 Å². The van der Waals surface area contributed by atoms with Crippen LogP contribution in [0.1, 0.15) is 50.8 Å². The zero-order valence-electron chi connectivity index (χ0n) is 12.3. The number of aryl methyl sites for hydroxylation is 1. The van der Waals surface area contributed by atoms with E-state index in [9.17, 15) is 5.11 Å². The quantitative estimate of drug-likeness (QED) is 0.906. The van der Waals surface area contributed by atoms with Crippen molar-refractivity contribution in [3.63, 3.8) is 0 Å². The summed E-state index contributed by atoms with van der Waals surface area (Å²) in [5.41, 5.74) is 1.94. The largest absolute Gasteiger partial charge is 0.490 e. The van der Waals surface area contributed by atoms with Gasteiger partial charge in [0.1, 0.15) is 12.4 Å². The van der Waals surface area contributed by atoms with E-state index in [0.29, 0.717) is 6.61 Å². The van der Waals surface area contributed by atoms with Gasteiger partial charge in [0.05, 0.1) is 17.8 Å². The topological polar surface area (TPSA) is 38.7 Å². The Balaban J connectivity index is 2.00. The molecule has 1 heterocycles. The minimum absolute atomic E-state index is 0.0333. The molecule has 3 nitrogen and oxygen atoms in total. The van der Waals surface area contributed by atoms with E-state index in [4.69, 9.17) is 9.47 Å². The monoisotopic (exact) mass is 264 g/mol. The fourth-order valence-electron chi connectivity index (χ4n) is 2.50. The van der Waals surface area contributed by atoms with Gasteiger partial charge in [-0.3, -0.25) is 0 Å². The Kier molecular flexibility index (Phi) is 4.16. The van der Waals surface area contributed by atoms with Gasteiger partial charge in [0.25, 0.3) is 0 Å². The molecule has 1 aliphatic rings. The van der Waals surface area contributed by atoms with E-state index in [1.54, 1.807) is 6.92 Å². The first kappa shape index (κ1) is 14.4. The molecule has 1 N–H and O–H groups in total. The van der Waals surface area contributed by atoms with Gasteiger partial charge in [-0.1, -0.05) is 11.6 Å². The van der Waals surface area contributed by atoms with E-state index < -0.39 is 6.10 Å². The van der Waals surface area contributed by atoms with Gasteiger partial charge in [0.2, 0.25) is 0 Å². The number of aliphatic hydroxyl groups is 1. The van der Waals surface area contributed by atoms with Crippen LogP contribution in [0.4, 0.5) is 0 Å². The van der Waals surface area contributed by atoms with Gasteiger partial charge in [0, 0.05) is 5.56 Å². The summed E-state index contributed by atoms with van der Waals surface area (Å²) in [5.74, 6) is 0.758. The highest BCUT2D eigenvalue weighted by atomic mass is 16.6. The summed E-state index contributed by atoms with van der Waals surface area (Å²) in [6.45, 7) is 8.54. The Morgan fingerprint density at radius 3 is 2.79 bits per heavy atom. The molecule has 0 spiro atoms. The summed E-state index contributed by atoms with van der Waals surface area (Å²) in [7, 11) is 0. The fraction of sp³-hybridized carbons (Fsp3) is 0.625. The molecule has 0 saturated carbocycles. The zero-order chi connectivity index (χ0) is 14.0. The number of rotatable bonds is 4. The lowest BCUT2D eigenvalue weighted by Gasteiger charge is -2.20. The third-order valence-corrected chi connectivity index (χ3v) is 3.59. The number of hydrogen-bond donors (Lipinski definition) is 1. The van der Waals surface area contributed by atoms with Crippen molar-refractivity contribution in [2.75, 3.05) is 6.61 Å². The van der Waals surface area contributed by atoms with Gasteiger partial charge in [-0.15, -0.1) is 0 Å². The highest BCUT2D eigenvalue weighted by molar-refractivity contribution is 5.38. The van der Waals surface area contributed by atoms with Crippen molar-refractivity contribution in [2.45, 2.75) is 58.3 Å². The molecule has 0 amide bonds. The molecule has 1 unspecified atom stereocenters. The SMILES string of the molecule is Cc1ccc(OCC2CCC(C)(C)O2)c([C@@H](C)O)c1. The molecule has 1 aromatic rings. The molecule has 0 aliphatic carbocycles. The molecule has 3 heteroatoms. The Labute approximate surface area is 115 Å². The highest BCUT2D eigenvalue weighted by Crippen LogP contribution is 2.31. The van der Waals surface area contributed by atoms with Crippen molar-refractivity contribution in [3.05, 3.63) is 29.3 Å². The lowest BCUT2D eigenvalue weighted by molar-refractivity contribution is -0.0329. The van der Waals surface area contributed by atoms with Crippen LogP contribution in [0.15, 0.2) is 18.2 Å². The van der Waals surface area contributed by atoms with Crippen LogP contribution in [0.25, 0.3) is 0 Å². The average Bonchev–Trinajstić information content (AvgIpc) is 2.67. The molecule has 1 fully saturated rings. The van der Waals surface area contributed by atoms with Gasteiger partial charge in [-0.05, 0) is 52.7 Å². The molecule has 1 saturated heterocycles. The molecular formula is C16H24O3. The Bertz CT molecular complexity index is 438. The third kappa shape index (κ3) is 3.71. The first-order valence-corrected chi connectivity index (χ1v) is 6.96. The number of aliphatic hydroxyl groups excluding tert-OH is 1. The summed E-state index contributed by atoms with van der Waals surface area (Å²) in [4.78, 5) is 0. The first-order chi connectivity index (χ1) is 8.87. The molecule has 0 radical (unpaired) electrons. The van der Waals surface area contributed by atoms with E-state index in [-0.39, 0.29) is 11.7 Å². The molecule has 0 aromatic heterocycles. The summed E-state index contributed by atoms with van der Waals surface area (Å²) in [6.07, 6.45) is 1.73. The minimum Gasteiger partial charge on any atom is -0.490 e. The van der Waals surface area contributed by atoms with Crippen molar-refractivity contribution in [2.24, 2.45) is 0 Å². The Hall–Kier alpha value is -1.06. The Morgan fingerprint density at radius 1 is 1.47 bits per heavy atom. The number of hydrogen-bond acceptors (Lipinski definition) is 3. The molecule has 2 atom stereocenters. The fourth-order valence-corrected chi connectivity index (χ4v) is 2.50. The maximum absolute atomic E-state index is 9.79. The second-order valence-corrected chi connectivity index (χ2v) is 6.07. The second-order valence-electron chi connectivity index (χ2n) is 6.07. The normalized spacial score (nSPS) is 23.3. The Morgan fingerprint density at radius 2 is 2.21 bits per heavy atom. The van der Waals surface area contributed by atoms with E-state index in [2.05, 4.69) is 13.8 Å². The van der Waals surface area contributed by atoms with E-state index in [1.807, 2.05) is 25.1 Å². The van der Waals surface area contributed by atoms with Crippen LogP contribution in [0.2, 0.25) is 0 Å². The van der Waals surface area contributed by atoms with Gasteiger partial charge >= 0.3 is 0 Å². The van der Waals surface area contributed by atoms with Crippen molar-refractivity contribution in [3.8, 4) is 5.75 Å². The van der Waals surface area contributed by atoms with Crippen LogP contribution in [-0.4, -0.2) is 23.4 Å². The summed E-state index contributed by atoms with van der Waals surface area (Å²) in [5, 5.41) is 9.79. The number of ether oxygens (including phenoxy) is 2. The van der Waals surface area contributed by atoms with Crippen molar-refractivity contribution in [1.82, 2.24) is 0 Å². The summed E-state index contributed by atoms with van der Waals surface area (Å²) >= 11 is 0. The predicted octanol–water partition coefficient (Wildman–Crippen LogP) is 3.38. The zero-order valence-corrected chi connectivity index (χ0v) is 12.3. The maximum Gasteiger partial charge on any atom is 0.125 e. The highest BCUT2D eigenvalue weighted by Gasteiger charge is 2.32.